The van der Waals surface area contributed by atoms with E-state index >= 15 is 0 Å². The first kappa shape index (κ1) is 18.7. The van der Waals surface area contributed by atoms with Gasteiger partial charge in [-0.05, 0) is 51.6 Å². The lowest BCUT2D eigenvalue weighted by Crippen LogP contribution is -2.53. The molecule has 1 aliphatic rings. The lowest BCUT2D eigenvalue weighted by molar-refractivity contribution is 0.0406. The van der Waals surface area contributed by atoms with Crippen LogP contribution in [0.4, 0.5) is 4.79 Å². The topological polar surface area (TPSA) is 61.8 Å². The second-order valence-electron chi connectivity index (χ2n) is 7.53. The number of rotatable bonds is 5. The van der Waals surface area contributed by atoms with Crippen LogP contribution in [0.5, 0.6) is 0 Å². The highest BCUT2D eigenvalue weighted by molar-refractivity contribution is 5.68. The Kier molecular flexibility index (Phi) is 6.63. The number of benzene rings is 1. The fourth-order valence-corrected chi connectivity index (χ4v) is 3.19. The van der Waals surface area contributed by atoms with E-state index in [2.05, 4.69) is 22.3 Å². The minimum Gasteiger partial charge on any atom is -0.444 e. The van der Waals surface area contributed by atoms with Crippen LogP contribution < -0.4 is 5.32 Å². The van der Waals surface area contributed by atoms with Gasteiger partial charge in [-0.25, -0.2) is 4.79 Å². The summed E-state index contributed by atoms with van der Waals surface area (Å²) in [4.78, 5) is 14.5. The van der Waals surface area contributed by atoms with Crippen molar-refractivity contribution in [3.8, 4) is 0 Å². The number of nitrogens with zero attached hydrogens (tertiary/aromatic N) is 1. The Morgan fingerprint density at radius 1 is 1.33 bits per heavy atom. The van der Waals surface area contributed by atoms with E-state index in [4.69, 9.17) is 4.74 Å². The van der Waals surface area contributed by atoms with Crippen molar-refractivity contribution >= 4 is 6.09 Å². The third kappa shape index (κ3) is 6.13. The van der Waals surface area contributed by atoms with Gasteiger partial charge in [-0.15, -0.1) is 0 Å². The summed E-state index contributed by atoms with van der Waals surface area (Å²) in [6, 6.07) is 10.4. The highest BCUT2D eigenvalue weighted by Crippen LogP contribution is 2.23. The summed E-state index contributed by atoms with van der Waals surface area (Å²) in [5.41, 5.74) is 0.767. The van der Waals surface area contributed by atoms with E-state index in [1.165, 1.54) is 5.56 Å². The van der Waals surface area contributed by atoms with E-state index in [9.17, 15) is 9.90 Å². The molecule has 1 fully saturated rings. The van der Waals surface area contributed by atoms with E-state index in [0.29, 0.717) is 6.42 Å². The van der Waals surface area contributed by atoms with E-state index in [1.807, 2.05) is 39.0 Å². The van der Waals surface area contributed by atoms with Gasteiger partial charge in [0.15, 0.2) is 0 Å². The van der Waals surface area contributed by atoms with Crippen LogP contribution in [0.25, 0.3) is 0 Å². The minimum absolute atomic E-state index is 0.00413. The van der Waals surface area contributed by atoms with Crippen LogP contribution >= 0.6 is 0 Å². The van der Waals surface area contributed by atoms with Crippen molar-refractivity contribution in [1.82, 2.24) is 10.2 Å². The lowest BCUT2D eigenvalue weighted by Gasteiger charge is -2.39. The Morgan fingerprint density at radius 3 is 2.67 bits per heavy atom. The molecule has 134 valence electrons. The molecule has 24 heavy (non-hydrogen) atoms. The maximum Gasteiger partial charge on any atom is 0.407 e. The first-order valence-corrected chi connectivity index (χ1v) is 8.74. The number of aliphatic hydroxyl groups is 1. The van der Waals surface area contributed by atoms with Crippen molar-refractivity contribution in [3.05, 3.63) is 35.9 Å². The molecule has 2 atom stereocenters. The molecule has 0 aliphatic carbocycles. The van der Waals surface area contributed by atoms with E-state index in [0.717, 1.165) is 26.1 Å². The molecule has 0 aromatic heterocycles. The molecule has 0 radical (unpaired) electrons. The third-order valence-corrected chi connectivity index (χ3v) is 4.29. The number of nitrogens with one attached hydrogen (secondary N) is 1. The summed E-state index contributed by atoms with van der Waals surface area (Å²) in [5, 5.41) is 12.3. The molecular weight excluding hydrogens is 304 g/mol. The van der Waals surface area contributed by atoms with Crippen LogP contribution in [-0.2, 0) is 11.3 Å². The second kappa shape index (κ2) is 8.49. The van der Waals surface area contributed by atoms with E-state index in [-0.39, 0.29) is 24.7 Å². The summed E-state index contributed by atoms with van der Waals surface area (Å²) in [6.07, 6.45) is 1.30. The molecule has 2 rings (SSSR count). The lowest BCUT2D eigenvalue weighted by atomic mass is 9.88. The summed E-state index contributed by atoms with van der Waals surface area (Å²) in [6.45, 7) is 8.36. The van der Waals surface area contributed by atoms with Gasteiger partial charge >= 0.3 is 6.09 Å². The van der Waals surface area contributed by atoms with Crippen LogP contribution in [0.1, 0.15) is 39.2 Å². The van der Waals surface area contributed by atoms with Gasteiger partial charge in [0.05, 0.1) is 0 Å². The zero-order valence-electron chi connectivity index (χ0n) is 15.0. The van der Waals surface area contributed by atoms with Crippen LogP contribution in [-0.4, -0.2) is 47.4 Å². The van der Waals surface area contributed by atoms with Crippen molar-refractivity contribution in [1.29, 1.82) is 0 Å². The Balaban J connectivity index is 1.96. The third-order valence-electron chi connectivity index (χ3n) is 4.29. The minimum atomic E-state index is -0.505. The molecule has 1 saturated heterocycles. The smallest absolute Gasteiger partial charge is 0.407 e. The van der Waals surface area contributed by atoms with Gasteiger partial charge in [-0.1, -0.05) is 30.3 Å². The average molecular weight is 334 g/mol. The maximum absolute atomic E-state index is 12.1. The van der Waals surface area contributed by atoms with Crippen molar-refractivity contribution in [2.24, 2.45) is 5.92 Å². The summed E-state index contributed by atoms with van der Waals surface area (Å²) in [7, 11) is 0. The zero-order chi connectivity index (χ0) is 17.6. The Labute approximate surface area is 145 Å². The van der Waals surface area contributed by atoms with Crippen molar-refractivity contribution in [2.45, 2.75) is 51.8 Å². The average Bonchev–Trinajstić information content (AvgIpc) is 2.49. The van der Waals surface area contributed by atoms with Crippen LogP contribution in [0.3, 0.4) is 0 Å². The number of aliphatic hydroxyl groups excluding tert-OH is 1. The predicted octanol–water partition coefficient (Wildman–Crippen LogP) is 2.78. The number of carbonyl (C=O) groups excluding carboxylic acids is 1. The number of alkyl carbamates (subject to hydrolysis) is 1. The molecule has 5 heteroatoms. The van der Waals surface area contributed by atoms with Crippen LogP contribution in [0, 0.1) is 5.92 Å². The highest BCUT2D eigenvalue weighted by atomic mass is 16.6. The molecule has 1 aromatic carbocycles. The normalized spacial score (nSPS) is 22.2. The summed E-state index contributed by atoms with van der Waals surface area (Å²) < 4.78 is 5.39. The largest absolute Gasteiger partial charge is 0.444 e. The number of piperidine rings is 1. The molecule has 1 aliphatic heterocycles. The van der Waals surface area contributed by atoms with E-state index in [1.54, 1.807) is 0 Å². The standard InChI is InChI=1S/C19H30N2O3/c1-19(2,3)24-18(23)20-17-14-21(11-9-16(17)10-12-22)13-15-7-5-4-6-8-15/h4-8,16-17,22H,9-14H2,1-3H3,(H,20,23). The van der Waals surface area contributed by atoms with Gasteiger partial charge in [0.2, 0.25) is 0 Å². The monoisotopic (exact) mass is 334 g/mol. The van der Waals surface area contributed by atoms with Gasteiger partial charge in [0.1, 0.15) is 5.60 Å². The SMILES string of the molecule is CC(C)(C)OC(=O)NC1CN(Cc2ccccc2)CCC1CCO. The molecule has 1 amide bonds. The zero-order valence-corrected chi connectivity index (χ0v) is 15.0. The molecular formula is C19H30N2O3. The van der Waals surface area contributed by atoms with Gasteiger partial charge < -0.3 is 15.2 Å². The van der Waals surface area contributed by atoms with Gasteiger partial charge in [-0.2, -0.15) is 0 Å². The number of amides is 1. The second-order valence-corrected chi connectivity index (χ2v) is 7.53. The predicted molar refractivity (Wildman–Crippen MR) is 94.7 cm³/mol. The molecule has 0 saturated carbocycles. The van der Waals surface area contributed by atoms with Gasteiger partial charge in [0.25, 0.3) is 0 Å². The Hall–Kier alpha value is -1.59. The molecule has 2 N–H and O–H groups in total. The summed E-state index contributed by atoms with van der Waals surface area (Å²) >= 11 is 0. The molecule has 2 unspecified atom stereocenters. The first-order chi connectivity index (χ1) is 11.4. The number of ether oxygens (including phenoxy) is 1. The van der Waals surface area contributed by atoms with Gasteiger partial charge in [0, 0.05) is 25.7 Å². The molecule has 1 aromatic rings. The van der Waals surface area contributed by atoms with Gasteiger partial charge in [-0.3, -0.25) is 4.90 Å². The molecule has 0 spiro atoms. The van der Waals surface area contributed by atoms with Crippen LogP contribution in [0.2, 0.25) is 0 Å². The first-order valence-electron chi connectivity index (χ1n) is 8.74. The number of hydrogen-bond acceptors (Lipinski definition) is 4. The molecule has 1 heterocycles. The fourth-order valence-electron chi connectivity index (χ4n) is 3.19. The number of hydrogen-bond donors (Lipinski definition) is 2. The Morgan fingerprint density at radius 2 is 2.04 bits per heavy atom. The molecule has 5 nitrogen and oxygen atoms in total. The van der Waals surface area contributed by atoms with Crippen molar-refractivity contribution < 1.29 is 14.6 Å². The number of likely N-dealkylation sites (tertiary alicyclic amines) is 1. The van der Waals surface area contributed by atoms with Crippen LogP contribution in [0.15, 0.2) is 30.3 Å². The Bertz CT molecular complexity index is 513. The highest BCUT2D eigenvalue weighted by Gasteiger charge is 2.31. The van der Waals surface area contributed by atoms with Crippen molar-refractivity contribution in [3.63, 3.8) is 0 Å². The summed E-state index contributed by atoms with van der Waals surface area (Å²) in [5.74, 6) is 0.287. The quantitative estimate of drug-likeness (QED) is 0.869. The number of carbonyl (C=O) groups is 1. The fraction of sp³-hybridized carbons (Fsp3) is 0.632. The molecule has 0 bridgehead atoms. The van der Waals surface area contributed by atoms with E-state index < -0.39 is 5.60 Å². The van der Waals surface area contributed by atoms with Crippen molar-refractivity contribution in [2.75, 3.05) is 19.7 Å². The maximum atomic E-state index is 12.1.